The first-order valence-corrected chi connectivity index (χ1v) is 14.1. The van der Waals surface area contributed by atoms with Gasteiger partial charge >= 0.3 is 0 Å². The van der Waals surface area contributed by atoms with Crippen LogP contribution in [-0.2, 0) is 26.2 Å². The Balaban J connectivity index is 1.34. The summed E-state index contributed by atoms with van der Waals surface area (Å²) in [5.41, 5.74) is 13.5. The van der Waals surface area contributed by atoms with Crippen molar-refractivity contribution in [3.05, 3.63) is 93.6 Å². The molecule has 0 amide bonds. The Bertz CT molecular complexity index is 1330. The number of hydrogen-bond donors (Lipinski definition) is 1. The van der Waals surface area contributed by atoms with Gasteiger partial charge in [0, 0.05) is 90.6 Å². The first kappa shape index (κ1) is 26.3. The van der Waals surface area contributed by atoms with E-state index in [0.29, 0.717) is 6.54 Å². The summed E-state index contributed by atoms with van der Waals surface area (Å²) in [5, 5.41) is 2.82. The van der Waals surface area contributed by atoms with Gasteiger partial charge in [0.1, 0.15) is 0 Å². The number of hydrogen-bond acceptors (Lipinski definition) is 3. The maximum absolute atomic E-state index is 6.41. The minimum absolute atomic E-state index is 0.543. The van der Waals surface area contributed by atoms with Crippen molar-refractivity contribution >= 4 is 34.1 Å². The summed E-state index contributed by atoms with van der Waals surface area (Å²) in [7, 11) is 0. The molecule has 5 rings (SSSR count). The van der Waals surface area contributed by atoms with E-state index >= 15 is 0 Å². The largest absolute Gasteiger partial charge is 0.347 e. The van der Waals surface area contributed by atoms with Gasteiger partial charge in [-0.3, -0.25) is 9.80 Å². The molecule has 0 unspecified atom stereocenters. The van der Waals surface area contributed by atoms with E-state index in [1.807, 2.05) is 18.2 Å². The molecule has 37 heavy (non-hydrogen) atoms. The average molecular weight is 536 g/mol. The minimum atomic E-state index is 0.543. The summed E-state index contributed by atoms with van der Waals surface area (Å²) in [6.45, 7) is 9.65. The van der Waals surface area contributed by atoms with E-state index in [1.165, 1.54) is 46.0 Å². The van der Waals surface area contributed by atoms with Gasteiger partial charge in [-0.25, -0.2) is 0 Å². The van der Waals surface area contributed by atoms with Crippen molar-refractivity contribution < 1.29 is 0 Å². The van der Waals surface area contributed by atoms with Gasteiger partial charge in [0.15, 0.2) is 0 Å². The fraction of sp³-hybridized carbons (Fsp3) is 0.355. The summed E-state index contributed by atoms with van der Waals surface area (Å²) in [4.78, 5) is 5.00. The van der Waals surface area contributed by atoms with Crippen molar-refractivity contribution in [2.75, 3.05) is 26.2 Å². The number of halogens is 2. The predicted molar refractivity (Wildman–Crippen MR) is 157 cm³/mol. The summed E-state index contributed by atoms with van der Waals surface area (Å²) >= 11 is 12.8. The van der Waals surface area contributed by atoms with Crippen LogP contribution in [0.5, 0.6) is 0 Å². The number of piperazine rings is 1. The third kappa shape index (κ3) is 5.89. The molecule has 6 heteroatoms. The highest BCUT2D eigenvalue weighted by atomic mass is 35.5. The lowest BCUT2D eigenvalue weighted by atomic mass is 9.98. The molecular weight excluding hydrogens is 499 g/mol. The highest BCUT2D eigenvalue weighted by Gasteiger charge is 2.20. The van der Waals surface area contributed by atoms with E-state index < -0.39 is 0 Å². The number of aromatic nitrogens is 1. The molecule has 2 heterocycles. The quantitative estimate of drug-likeness (QED) is 0.247. The average Bonchev–Trinajstić information content (AvgIpc) is 3.28. The zero-order valence-electron chi connectivity index (χ0n) is 21.6. The lowest BCUT2D eigenvalue weighted by Crippen LogP contribution is -2.45. The number of rotatable bonds is 9. The molecule has 4 aromatic rings. The minimum Gasteiger partial charge on any atom is -0.347 e. The normalized spacial score (nSPS) is 15.0. The Morgan fingerprint density at radius 1 is 0.811 bits per heavy atom. The smallest absolute Gasteiger partial charge is 0.0486 e. The molecule has 1 aromatic heterocycles. The molecule has 194 valence electrons. The van der Waals surface area contributed by atoms with E-state index in [9.17, 15) is 0 Å². The van der Waals surface area contributed by atoms with Crippen LogP contribution in [0.1, 0.15) is 36.5 Å². The SMILES string of the molecule is CCCCn1cc(-c2ccccc2CN)c2cc(CN3CCN(Cc4c(Cl)cccc4Cl)CC3)ccc21. The van der Waals surface area contributed by atoms with Gasteiger partial charge in [0.2, 0.25) is 0 Å². The fourth-order valence-electron chi connectivity index (χ4n) is 5.40. The van der Waals surface area contributed by atoms with Gasteiger partial charge in [-0.1, -0.05) is 72.9 Å². The summed E-state index contributed by atoms with van der Waals surface area (Å²) in [6.07, 6.45) is 4.69. The van der Waals surface area contributed by atoms with Crippen LogP contribution < -0.4 is 5.73 Å². The van der Waals surface area contributed by atoms with Crippen LogP contribution in [0.4, 0.5) is 0 Å². The first-order valence-electron chi connectivity index (χ1n) is 13.3. The monoisotopic (exact) mass is 534 g/mol. The molecule has 1 fully saturated rings. The molecule has 4 nitrogen and oxygen atoms in total. The number of benzene rings is 3. The van der Waals surface area contributed by atoms with Gasteiger partial charge in [-0.15, -0.1) is 0 Å². The Labute approximate surface area is 230 Å². The van der Waals surface area contributed by atoms with Gasteiger partial charge in [0.25, 0.3) is 0 Å². The standard InChI is InChI=1S/C31H36Cl2N4/c1-2-3-13-37-22-27(25-8-5-4-7-24(25)19-34)26-18-23(11-12-31(26)37)20-35-14-16-36(17-15-35)21-28-29(32)9-6-10-30(28)33/h4-12,18,22H,2-3,13-17,19-21,34H2,1H3. The Morgan fingerprint density at radius 2 is 1.51 bits per heavy atom. The molecule has 0 aliphatic carbocycles. The maximum Gasteiger partial charge on any atom is 0.0486 e. The number of fused-ring (bicyclic) bond motifs is 1. The number of unbranched alkanes of at least 4 members (excludes halogenated alkanes) is 1. The van der Waals surface area contributed by atoms with Crippen molar-refractivity contribution in [2.24, 2.45) is 5.73 Å². The van der Waals surface area contributed by atoms with Crippen LogP contribution in [0, 0.1) is 0 Å². The summed E-state index contributed by atoms with van der Waals surface area (Å²) in [5.74, 6) is 0. The van der Waals surface area contributed by atoms with E-state index in [-0.39, 0.29) is 0 Å². The molecule has 0 saturated carbocycles. The zero-order valence-corrected chi connectivity index (χ0v) is 23.1. The van der Waals surface area contributed by atoms with Crippen molar-refractivity contribution in [2.45, 2.75) is 45.9 Å². The second-order valence-electron chi connectivity index (χ2n) is 10.1. The second-order valence-corrected chi connectivity index (χ2v) is 10.9. The molecule has 1 saturated heterocycles. The highest BCUT2D eigenvalue weighted by Crippen LogP contribution is 2.34. The summed E-state index contributed by atoms with van der Waals surface area (Å²) in [6, 6.07) is 21.3. The van der Waals surface area contributed by atoms with Crippen molar-refractivity contribution in [3.63, 3.8) is 0 Å². The number of nitrogens with two attached hydrogens (primary N) is 1. The van der Waals surface area contributed by atoms with Crippen LogP contribution in [0.25, 0.3) is 22.0 Å². The van der Waals surface area contributed by atoms with Gasteiger partial charge < -0.3 is 10.3 Å². The topological polar surface area (TPSA) is 37.4 Å². The van der Waals surface area contributed by atoms with Crippen LogP contribution in [-0.4, -0.2) is 40.5 Å². The molecular formula is C31H36Cl2N4. The molecule has 1 aliphatic rings. The third-order valence-corrected chi connectivity index (χ3v) is 8.25. The van der Waals surface area contributed by atoms with Crippen LogP contribution >= 0.6 is 23.2 Å². The van der Waals surface area contributed by atoms with Crippen LogP contribution in [0.2, 0.25) is 10.0 Å². The predicted octanol–water partition coefficient (Wildman–Crippen LogP) is 7.19. The second kappa shape index (κ2) is 12.0. The summed E-state index contributed by atoms with van der Waals surface area (Å²) < 4.78 is 2.42. The van der Waals surface area contributed by atoms with E-state index in [0.717, 1.165) is 61.4 Å². The van der Waals surface area contributed by atoms with Crippen LogP contribution in [0.15, 0.2) is 66.9 Å². The molecule has 1 aliphatic heterocycles. The van der Waals surface area contributed by atoms with Crippen LogP contribution in [0.3, 0.4) is 0 Å². The molecule has 0 bridgehead atoms. The third-order valence-electron chi connectivity index (χ3n) is 7.54. The van der Waals surface area contributed by atoms with Gasteiger partial charge in [0.05, 0.1) is 0 Å². The fourth-order valence-corrected chi connectivity index (χ4v) is 5.92. The van der Waals surface area contributed by atoms with Gasteiger partial charge in [-0.2, -0.15) is 0 Å². The Kier molecular flexibility index (Phi) is 8.53. The lowest BCUT2D eigenvalue weighted by Gasteiger charge is -2.35. The van der Waals surface area contributed by atoms with E-state index in [2.05, 4.69) is 70.0 Å². The molecule has 2 N–H and O–H groups in total. The molecule has 0 atom stereocenters. The first-order chi connectivity index (χ1) is 18.1. The molecule has 3 aromatic carbocycles. The highest BCUT2D eigenvalue weighted by molar-refractivity contribution is 6.35. The maximum atomic E-state index is 6.41. The van der Waals surface area contributed by atoms with E-state index in [1.54, 1.807) is 0 Å². The van der Waals surface area contributed by atoms with Crippen molar-refractivity contribution in [1.82, 2.24) is 14.4 Å². The Morgan fingerprint density at radius 3 is 2.22 bits per heavy atom. The molecule has 0 radical (unpaired) electrons. The lowest BCUT2D eigenvalue weighted by molar-refractivity contribution is 0.122. The molecule has 0 spiro atoms. The van der Waals surface area contributed by atoms with Gasteiger partial charge in [-0.05, 0) is 47.4 Å². The number of nitrogens with zero attached hydrogens (tertiary/aromatic N) is 3. The number of aryl methyl sites for hydroxylation is 1. The zero-order chi connectivity index (χ0) is 25.8. The Hall–Kier alpha value is -2.34. The van der Waals surface area contributed by atoms with Crippen molar-refractivity contribution in [1.29, 1.82) is 0 Å². The van der Waals surface area contributed by atoms with E-state index in [4.69, 9.17) is 28.9 Å². The van der Waals surface area contributed by atoms with Crippen molar-refractivity contribution in [3.8, 4) is 11.1 Å².